The van der Waals surface area contributed by atoms with E-state index in [1.807, 2.05) is 9.80 Å². The van der Waals surface area contributed by atoms with Gasteiger partial charge in [-0.05, 0) is 56.6 Å². The fraction of sp³-hybridized carbons (Fsp3) is 0.654. The molecule has 2 aliphatic heterocycles. The molecule has 2 N–H and O–H groups in total. The highest BCUT2D eigenvalue weighted by molar-refractivity contribution is 7.90. The van der Waals surface area contributed by atoms with Crippen molar-refractivity contribution >= 4 is 15.9 Å². The fourth-order valence-corrected chi connectivity index (χ4v) is 6.96. The van der Waals surface area contributed by atoms with Gasteiger partial charge in [-0.25, -0.2) is 18.2 Å². The van der Waals surface area contributed by atoms with E-state index in [2.05, 4.69) is 19.9 Å². The highest BCUT2D eigenvalue weighted by atomic mass is 32.2. The van der Waals surface area contributed by atoms with Gasteiger partial charge in [-0.3, -0.25) is 5.10 Å². The van der Waals surface area contributed by atoms with Gasteiger partial charge in [0.25, 0.3) is 0 Å². The number of urea groups is 1. The molecule has 224 valence electrons. The first-order valence-electron chi connectivity index (χ1n) is 13.6. The molecule has 4 aliphatic rings. The summed E-state index contributed by atoms with van der Waals surface area (Å²) in [6.45, 7) is 2.68. The van der Waals surface area contributed by atoms with Gasteiger partial charge in [0.05, 0.1) is 6.61 Å². The van der Waals surface area contributed by atoms with Crippen LogP contribution in [0.4, 0.5) is 18.0 Å². The van der Waals surface area contributed by atoms with Crippen molar-refractivity contribution in [2.45, 2.75) is 61.3 Å². The zero-order valence-electron chi connectivity index (χ0n) is 22.5. The molecular formula is C26H32F3N5O6S. The van der Waals surface area contributed by atoms with Gasteiger partial charge in [0.15, 0.2) is 15.7 Å². The van der Waals surface area contributed by atoms with Crippen LogP contribution in [0.3, 0.4) is 0 Å². The molecule has 1 aromatic carbocycles. The molecular weight excluding hydrogens is 567 g/mol. The van der Waals surface area contributed by atoms with E-state index in [9.17, 15) is 31.5 Å². The van der Waals surface area contributed by atoms with Gasteiger partial charge in [-0.1, -0.05) is 0 Å². The number of aromatic amines is 1. The third kappa shape index (κ3) is 5.83. The molecule has 15 heteroatoms. The molecule has 0 radical (unpaired) electrons. The van der Waals surface area contributed by atoms with E-state index in [0.717, 1.165) is 37.1 Å². The van der Waals surface area contributed by atoms with Crippen molar-refractivity contribution in [3.05, 3.63) is 29.8 Å². The third-order valence-electron chi connectivity index (χ3n) is 8.62. The third-order valence-corrected chi connectivity index (χ3v) is 9.74. The number of carbonyl (C=O) groups is 1. The van der Waals surface area contributed by atoms with Crippen LogP contribution in [-0.2, 0) is 15.4 Å². The van der Waals surface area contributed by atoms with E-state index in [-0.39, 0.29) is 40.5 Å². The summed E-state index contributed by atoms with van der Waals surface area (Å²) in [7, 11) is -3.87. The summed E-state index contributed by atoms with van der Waals surface area (Å²) in [5, 5.41) is 17.3. The number of alkyl halides is 3. The van der Waals surface area contributed by atoms with Gasteiger partial charge in [-0.2, -0.15) is 5.10 Å². The van der Waals surface area contributed by atoms with Crippen molar-refractivity contribution in [1.29, 1.82) is 0 Å². The van der Waals surface area contributed by atoms with Crippen molar-refractivity contribution < 1.29 is 41.0 Å². The van der Waals surface area contributed by atoms with E-state index >= 15 is 0 Å². The molecule has 2 aromatic rings. The minimum Gasteiger partial charge on any atom is -0.492 e. The molecule has 2 saturated heterocycles. The number of carbonyl (C=O) groups excluding carboxylic acids is 1. The first-order valence-corrected chi connectivity index (χ1v) is 15.5. The largest absolute Gasteiger partial charge is 0.573 e. The Bertz CT molecular complexity index is 1420. The number of amides is 2. The van der Waals surface area contributed by atoms with Crippen molar-refractivity contribution in [3.8, 4) is 11.5 Å². The van der Waals surface area contributed by atoms with E-state index < -0.39 is 27.6 Å². The Kier molecular flexibility index (Phi) is 6.67. The van der Waals surface area contributed by atoms with Crippen LogP contribution in [0.1, 0.15) is 56.1 Å². The molecule has 1 aromatic heterocycles. The van der Waals surface area contributed by atoms with Gasteiger partial charge in [-0.15, -0.1) is 13.2 Å². The summed E-state index contributed by atoms with van der Waals surface area (Å²) in [6.07, 6.45) is 0.536. The number of aromatic nitrogens is 3. The van der Waals surface area contributed by atoms with Gasteiger partial charge in [0, 0.05) is 49.8 Å². The summed E-state index contributed by atoms with van der Waals surface area (Å²) >= 11 is 0. The lowest BCUT2D eigenvalue weighted by Crippen LogP contribution is -2.65. The van der Waals surface area contributed by atoms with Gasteiger partial charge >= 0.3 is 12.4 Å². The van der Waals surface area contributed by atoms with Crippen LogP contribution < -0.4 is 9.47 Å². The van der Waals surface area contributed by atoms with Crippen molar-refractivity contribution in [1.82, 2.24) is 25.0 Å². The van der Waals surface area contributed by atoms with Crippen molar-refractivity contribution in [3.63, 3.8) is 0 Å². The summed E-state index contributed by atoms with van der Waals surface area (Å²) in [6, 6.07) is 3.00. The number of rotatable bonds is 7. The van der Waals surface area contributed by atoms with Gasteiger partial charge < -0.3 is 24.4 Å². The second-order valence-electron chi connectivity index (χ2n) is 12.0. The number of nitrogens with zero attached hydrogens (tertiary/aromatic N) is 4. The highest BCUT2D eigenvalue weighted by Crippen LogP contribution is 2.56. The molecule has 41 heavy (non-hydrogen) atoms. The van der Waals surface area contributed by atoms with E-state index in [1.165, 1.54) is 6.07 Å². The number of sulfone groups is 1. The smallest absolute Gasteiger partial charge is 0.492 e. The monoisotopic (exact) mass is 599 g/mol. The van der Waals surface area contributed by atoms with Crippen LogP contribution in [0.15, 0.2) is 23.1 Å². The number of H-pyrrole nitrogens is 1. The predicted octanol–water partition coefficient (Wildman–Crippen LogP) is 3.18. The quantitative estimate of drug-likeness (QED) is 0.495. The topological polar surface area (TPSA) is 138 Å². The Hall–Kier alpha value is -3.07. The summed E-state index contributed by atoms with van der Waals surface area (Å²) < 4.78 is 71.5. The number of ether oxygens (including phenoxy) is 2. The Morgan fingerprint density at radius 3 is 2.46 bits per heavy atom. The van der Waals surface area contributed by atoms with Crippen LogP contribution in [0, 0.1) is 11.3 Å². The molecule has 11 nitrogen and oxygen atoms in total. The van der Waals surface area contributed by atoms with E-state index in [1.54, 1.807) is 0 Å². The van der Waals surface area contributed by atoms with Crippen LogP contribution in [-0.4, -0.2) is 89.9 Å². The lowest BCUT2D eigenvalue weighted by molar-refractivity contribution is -0.274. The molecule has 2 aliphatic carbocycles. The van der Waals surface area contributed by atoms with Crippen LogP contribution in [0.5, 0.6) is 11.5 Å². The van der Waals surface area contributed by atoms with Crippen LogP contribution in [0.25, 0.3) is 0 Å². The van der Waals surface area contributed by atoms with E-state index in [4.69, 9.17) is 4.74 Å². The Labute approximate surface area is 234 Å². The minimum absolute atomic E-state index is 0.0102. The standard InChI is InChI=1S/C26H32F3N5O6S/c1-41(37,38)20-10-18(40-26(27,28)29)2-3-19(20)39-13-16-4-8-33(9-5-16)23(35)34-14-24(15-34)11-17(12-24)21-30-22(32-31-21)25(36)6-7-25/h2-3,10,16-17,36H,4-9,11-15H2,1H3,(H,30,31,32). The van der Waals surface area contributed by atoms with Gasteiger partial charge in [0.2, 0.25) is 0 Å². The number of nitrogens with one attached hydrogen (secondary N) is 1. The second-order valence-corrected chi connectivity index (χ2v) is 14.0. The molecule has 2 amide bonds. The molecule has 6 rings (SSSR count). The maximum Gasteiger partial charge on any atom is 0.573 e. The average molecular weight is 600 g/mol. The SMILES string of the molecule is CS(=O)(=O)c1cc(OC(F)(F)F)ccc1OCC1CCN(C(=O)N2CC3(CC(c4nc(C5(O)CC5)n[nH]4)C3)C2)CC1. The molecule has 0 atom stereocenters. The predicted molar refractivity (Wildman–Crippen MR) is 137 cm³/mol. The molecule has 0 bridgehead atoms. The number of hydrogen-bond donors (Lipinski definition) is 2. The average Bonchev–Trinajstić information content (AvgIpc) is 3.40. The highest BCUT2D eigenvalue weighted by Gasteiger charge is 2.56. The Balaban J connectivity index is 0.952. The molecule has 2 saturated carbocycles. The van der Waals surface area contributed by atoms with Crippen molar-refractivity contribution in [2.24, 2.45) is 11.3 Å². The summed E-state index contributed by atoms with van der Waals surface area (Å²) in [5.74, 6) is 0.959. The Morgan fingerprint density at radius 2 is 1.85 bits per heavy atom. The molecule has 1 spiro atoms. The second kappa shape index (κ2) is 9.75. The zero-order chi connectivity index (χ0) is 29.2. The maximum absolute atomic E-state index is 13.1. The van der Waals surface area contributed by atoms with E-state index in [0.29, 0.717) is 57.7 Å². The molecule has 4 fully saturated rings. The van der Waals surface area contributed by atoms with Crippen molar-refractivity contribution in [2.75, 3.05) is 39.0 Å². The summed E-state index contributed by atoms with van der Waals surface area (Å²) in [5.41, 5.74) is -0.733. The number of likely N-dealkylation sites (tertiary alicyclic amines) is 2. The normalized spacial score (nSPS) is 22.3. The number of hydrogen-bond acceptors (Lipinski definition) is 8. The first kappa shape index (κ1) is 28.1. The molecule has 0 unspecified atom stereocenters. The van der Waals surface area contributed by atoms with Gasteiger partial charge in [0.1, 0.15) is 27.8 Å². The van der Waals surface area contributed by atoms with Crippen LogP contribution >= 0.6 is 0 Å². The number of halogens is 3. The lowest BCUT2D eigenvalue weighted by Gasteiger charge is -2.59. The first-order chi connectivity index (χ1) is 19.2. The lowest BCUT2D eigenvalue weighted by atomic mass is 9.57. The number of aliphatic hydroxyl groups is 1. The molecule has 3 heterocycles. The Morgan fingerprint density at radius 1 is 1.17 bits per heavy atom. The zero-order valence-corrected chi connectivity index (χ0v) is 23.3. The summed E-state index contributed by atoms with van der Waals surface area (Å²) in [4.78, 5) is 20.9. The fourth-order valence-electron chi connectivity index (χ4n) is 6.14. The number of piperidine rings is 1. The maximum atomic E-state index is 13.1. The van der Waals surface area contributed by atoms with Crippen LogP contribution in [0.2, 0.25) is 0 Å². The minimum atomic E-state index is -4.94. The number of benzene rings is 1.